The number of halogens is 1. The molecular weight excluding hydrogens is 427 g/mol. The van der Waals surface area contributed by atoms with Crippen molar-refractivity contribution in [2.24, 2.45) is 5.92 Å². The van der Waals surface area contributed by atoms with Gasteiger partial charge in [-0.25, -0.2) is 0 Å². The van der Waals surface area contributed by atoms with Crippen molar-refractivity contribution in [1.29, 1.82) is 0 Å². The monoisotopic (exact) mass is 448 g/mol. The number of aryl methyl sites for hydroxylation is 1. The molecule has 0 heterocycles. The summed E-state index contributed by atoms with van der Waals surface area (Å²) >= 11 is -2.70. The summed E-state index contributed by atoms with van der Waals surface area (Å²) in [6.07, 6.45) is 0.970. The fourth-order valence-corrected chi connectivity index (χ4v) is 7.79. The van der Waals surface area contributed by atoms with Crippen molar-refractivity contribution in [2.75, 3.05) is 0 Å². The standard InChI is InChI=1S/C17H21IO4S/c1-13(2)12-15-6-10-17(11-7-15)18(22-23(19,20)21)16-8-4-14(3)5-9-16/h4-11,13H,12H2,1-3H3,(H,19,20,21). The molecule has 126 valence electrons. The first kappa shape index (κ1) is 18.4. The fourth-order valence-electron chi connectivity index (χ4n) is 2.13. The van der Waals surface area contributed by atoms with Gasteiger partial charge in [0.25, 0.3) is 0 Å². The Hall–Kier alpha value is -0.960. The SMILES string of the molecule is Cc1ccc(I(OS(=O)(=O)O)c2ccc(CC(C)C)cc2)cc1. The van der Waals surface area contributed by atoms with E-state index >= 15 is 0 Å². The molecule has 2 rings (SSSR count). The van der Waals surface area contributed by atoms with Crippen molar-refractivity contribution < 1.29 is 15.5 Å². The molecule has 0 bridgehead atoms. The van der Waals surface area contributed by atoms with E-state index in [9.17, 15) is 8.42 Å². The third-order valence-corrected chi connectivity index (χ3v) is 9.54. The Kier molecular flexibility index (Phi) is 6.19. The Bertz CT molecular complexity index is 737. The van der Waals surface area contributed by atoms with E-state index in [1.165, 1.54) is 5.56 Å². The predicted molar refractivity (Wildman–Crippen MR) is 100 cm³/mol. The molecule has 0 aliphatic rings. The Morgan fingerprint density at radius 3 is 1.91 bits per heavy atom. The van der Waals surface area contributed by atoms with Gasteiger partial charge in [0, 0.05) is 0 Å². The van der Waals surface area contributed by atoms with Crippen LogP contribution in [-0.4, -0.2) is 13.0 Å². The average molecular weight is 448 g/mol. The molecule has 4 nitrogen and oxygen atoms in total. The van der Waals surface area contributed by atoms with E-state index in [1.54, 1.807) is 0 Å². The van der Waals surface area contributed by atoms with Crippen LogP contribution in [-0.2, 0) is 19.3 Å². The Morgan fingerprint density at radius 1 is 1.00 bits per heavy atom. The molecule has 2 aromatic rings. The summed E-state index contributed by atoms with van der Waals surface area (Å²) in [5.74, 6) is 0.557. The molecule has 2 aromatic carbocycles. The number of hydrogen-bond acceptors (Lipinski definition) is 3. The molecule has 0 aromatic heterocycles. The summed E-state index contributed by atoms with van der Waals surface area (Å²) in [5.41, 5.74) is 2.29. The van der Waals surface area contributed by atoms with Gasteiger partial charge in [-0.3, -0.25) is 0 Å². The summed E-state index contributed by atoms with van der Waals surface area (Å²) < 4.78 is 38.3. The number of rotatable bonds is 6. The van der Waals surface area contributed by atoms with Crippen LogP contribution in [0, 0.1) is 20.0 Å². The third-order valence-electron chi connectivity index (χ3n) is 3.11. The van der Waals surface area contributed by atoms with Gasteiger partial charge in [-0.1, -0.05) is 0 Å². The third kappa shape index (κ3) is 5.87. The zero-order chi connectivity index (χ0) is 17.0. The first-order valence-corrected chi connectivity index (χ1v) is 11.7. The van der Waals surface area contributed by atoms with Crippen LogP contribution >= 0.6 is 20.2 Å². The molecule has 1 N–H and O–H groups in total. The molecule has 0 unspecified atom stereocenters. The van der Waals surface area contributed by atoms with Crippen LogP contribution < -0.4 is 0 Å². The zero-order valence-electron chi connectivity index (χ0n) is 13.4. The maximum absolute atomic E-state index is 11.2. The fraction of sp³-hybridized carbons (Fsp3) is 0.294. The number of hydrogen-bond donors (Lipinski definition) is 1. The van der Waals surface area contributed by atoms with Gasteiger partial charge in [-0.05, 0) is 0 Å². The van der Waals surface area contributed by atoms with Crippen LogP contribution in [0.4, 0.5) is 0 Å². The number of benzene rings is 2. The molecule has 0 amide bonds. The Balaban J connectivity index is 2.35. The molecule has 0 radical (unpaired) electrons. The minimum atomic E-state index is -4.49. The van der Waals surface area contributed by atoms with Crippen LogP contribution in [0.1, 0.15) is 25.0 Å². The molecule has 0 aliphatic heterocycles. The van der Waals surface area contributed by atoms with Crippen molar-refractivity contribution in [1.82, 2.24) is 0 Å². The molecule has 23 heavy (non-hydrogen) atoms. The van der Waals surface area contributed by atoms with Gasteiger partial charge in [0.2, 0.25) is 0 Å². The molecule has 0 saturated heterocycles. The Labute approximate surface area is 145 Å². The van der Waals surface area contributed by atoms with E-state index < -0.39 is 30.6 Å². The van der Waals surface area contributed by atoms with E-state index in [0.717, 1.165) is 19.1 Å². The van der Waals surface area contributed by atoms with Crippen LogP contribution in [0.3, 0.4) is 0 Å². The first-order chi connectivity index (χ1) is 10.7. The summed E-state index contributed by atoms with van der Waals surface area (Å²) in [5, 5.41) is 0. The van der Waals surface area contributed by atoms with E-state index in [1.807, 2.05) is 55.5 Å². The van der Waals surface area contributed by atoms with Gasteiger partial charge in [-0.2, -0.15) is 0 Å². The van der Waals surface area contributed by atoms with Crippen molar-refractivity contribution >= 4 is 30.6 Å². The van der Waals surface area contributed by atoms with E-state index in [4.69, 9.17) is 7.07 Å². The Morgan fingerprint density at radius 2 is 1.48 bits per heavy atom. The first-order valence-electron chi connectivity index (χ1n) is 7.27. The summed E-state index contributed by atoms with van der Waals surface area (Å²) in [6.45, 7) is 6.27. The van der Waals surface area contributed by atoms with Crippen molar-refractivity contribution in [3.63, 3.8) is 0 Å². The predicted octanol–water partition coefficient (Wildman–Crippen LogP) is 4.47. The molecule has 0 aliphatic carbocycles. The van der Waals surface area contributed by atoms with Crippen LogP contribution in [0.25, 0.3) is 0 Å². The summed E-state index contributed by atoms with van der Waals surface area (Å²) in [7, 11) is -4.49. The van der Waals surface area contributed by atoms with E-state index in [2.05, 4.69) is 13.8 Å². The van der Waals surface area contributed by atoms with Crippen LogP contribution in [0.2, 0.25) is 0 Å². The van der Waals surface area contributed by atoms with Crippen LogP contribution in [0.5, 0.6) is 0 Å². The van der Waals surface area contributed by atoms with Crippen molar-refractivity contribution in [3.8, 4) is 0 Å². The summed E-state index contributed by atoms with van der Waals surface area (Å²) in [4.78, 5) is 0. The van der Waals surface area contributed by atoms with E-state index in [-0.39, 0.29) is 0 Å². The molecule has 0 atom stereocenters. The topological polar surface area (TPSA) is 63.6 Å². The van der Waals surface area contributed by atoms with Gasteiger partial charge in [-0.15, -0.1) is 0 Å². The molecule has 0 saturated carbocycles. The van der Waals surface area contributed by atoms with Gasteiger partial charge < -0.3 is 0 Å². The van der Waals surface area contributed by atoms with Crippen molar-refractivity contribution in [3.05, 3.63) is 66.8 Å². The molecule has 0 fully saturated rings. The van der Waals surface area contributed by atoms with Gasteiger partial charge in [0.05, 0.1) is 0 Å². The van der Waals surface area contributed by atoms with E-state index in [0.29, 0.717) is 5.92 Å². The van der Waals surface area contributed by atoms with Gasteiger partial charge >= 0.3 is 146 Å². The minimum absolute atomic E-state index is 0.557. The zero-order valence-corrected chi connectivity index (χ0v) is 16.3. The molecule has 0 spiro atoms. The summed E-state index contributed by atoms with van der Waals surface area (Å²) in [6, 6.07) is 15.4. The van der Waals surface area contributed by atoms with Gasteiger partial charge in [0.1, 0.15) is 0 Å². The molecule has 6 heteroatoms. The molecular formula is C17H21IO4S. The van der Waals surface area contributed by atoms with Crippen molar-refractivity contribution in [2.45, 2.75) is 27.2 Å². The average Bonchev–Trinajstić information content (AvgIpc) is 2.45. The second kappa shape index (κ2) is 7.74. The maximum atomic E-state index is 11.2. The van der Waals surface area contributed by atoms with Crippen LogP contribution in [0.15, 0.2) is 48.5 Å². The second-order valence-electron chi connectivity index (χ2n) is 5.76. The quantitative estimate of drug-likeness (QED) is 0.523. The second-order valence-corrected chi connectivity index (χ2v) is 11.7. The van der Waals surface area contributed by atoms with Gasteiger partial charge in [0.15, 0.2) is 0 Å². The normalized spacial score (nSPS) is 12.5.